The van der Waals surface area contributed by atoms with E-state index < -0.39 is 0 Å². The summed E-state index contributed by atoms with van der Waals surface area (Å²) in [6.45, 7) is 5.19. The van der Waals surface area contributed by atoms with Gasteiger partial charge in [-0.15, -0.1) is 0 Å². The van der Waals surface area contributed by atoms with Crippen molar-refractivity contribution in [2.24, 2.45) is 10.9 Å². The first-order chi connectivity index (χ1) is 9.11. The predicted octanol–water partition coefficient (Wildman–Crippen LogP) is 2.50. The van der Waals surface area contributed by atoms with Gasteiger partial charge in [0.05, 0.1) is 0 Å². The minimum absolute atomic E-state index is 0.109. The molecular formula is C15H22FN3. The van der Waals surface area contributed by atoms with Crippen LogP contribution >= 0.6 is 0 Å². The van der Waals surface area contributed by atoms with Gasteiger partial charge in [-0.3, -0.25) is 4.99 Å². The third kappa shape index (κ3) is 3.69. The summed E-state index contributed by atoms with van der Waals surface area (Å²) in [5.74, 6) is 1.53. The Morgan fingerprint density at radius 1 is 1.42 bits per heavy atom. The van der Waals surface area contributed by atoms with Gasteiger partial charge in [-0.1, -0.05) is 32.0 Å². The summed E-state index contributed by atoms with van der Waals surface area (Å²) in [6.07, 6.45) is 0.962. The van der Waals surface area contributed by atoms with Crippen LogP contribution in [0.3, 0.4) is 0 Å². The molecule has 2 unspecified atom stereocenters. The summed E-state index contributed by atoms with van der Waals surface area (Å²) in [7, 11) is 1.76. The van der Waals surface area contributed by atoms with Crippen LogP contribution in [-0.4, -0.2) is 25.6 Å². The summed E-state index contributed by atoms with van der Waals surface area (Å²) < 4.78 is 13.7. The highest BCUT2D eigenvalue weighted by Crippen LogP contribution is 2.41. The molecule has 104 valence electrons. The van der Waals surface area contributed by atoms with Crippen LogP contribution < -0.4 is 10.6 Å². The zero-order valence-electron chi connectivity index (χ0n) is 11.8. The van der Waals surface area contributed by atoms with Crippen molar-refractivity contribution in [1.82, 2.24) is 10.6 Å². The molecule has 1 aromatic rings. The molecule has 4 heteroatoms. The zero-order valence-corrected chi connectivity index (χ0v) is 11.8. The number of guanidine groups is 1. The second kappa shape index (κ2) is 6.04. The van der Waals surface area contributed by atoms with E-state index in [-0.39, 0.29) is 17.8 Å². The van der Waals surface area contributed by atoms with E-state index in [1.165, 1.54) is 6.07 Å². The van der Waals surface area contributed by atoms with Crippen molar-refractivity contribution < 1.29 is 4.39 Å². The van der Waals surface area contributed by atoms with Crippen molar-refractivity contribution in [3.05, 3.63) is 35.6 Å². The molecular weight excluding hydrogens is 241 g/mol. The molecule has 19 heavy (non-hydrogen) atoms. The number of nitrogens with one attached hydrogen (secondary N) is 2. The van der Waals surface area contributed by atoms with Gasteiger partial charge in [0.25, 0.3) is 0 Å². The highest BCUT2D eigenvalue weighted by atomic mass is 19.1. The van der Waals surface area contributed by atoms with Crippen LogP contribution in [0.2, 0.25) is 0 Å². The van der Waals surface area contributed by atoms with Crippen molar-refractivity contribution in [2.75, 3.05) is 13.6 Å². The van der Waals surface area contributed by atoms with Gasteiger partial charge in [0.2, 0.25) is 0 Å². The van der Waals surface area contributed by atoms with Gasteiger partial charge >= 0.3 is 0 Å². The molecule has 0 saturated heterocycles. The van der Waals surface area contributed by atoms with Gasteiger partial charge in [0.1, 0.15) is 5.82 Å². The van der Waals surface area contributed by atoms with Crippen molar-refractivity contribution in [3.8, 4) is 0 Å². The number of hydrogen-bond donors (Lipinski definition) is 2. The Balaban J connectivity index is 1.88. The largest absolute Gasteiger partial charge is 0.356 e. The molecule has 0 bridgehead atoms. The van der Waals surface area contributed by atoms with Crippen LogP contribution in [0.25, 0.3) is 0 Å². The lowest BCUT2D eigenvalue weighted by molar-refractivity contribution is 0.604. The average Bonchev–Trinajstić information content (AvgIpc) is 3.14. The van der Waals surface area contributed by atoms with E-state index in [1.54, 1.807) is 13.1 Å². The maximum atomic E-state index is 13.7. The minimum atomic E-state index is -0.109. The molecule has 0 aliphatic heterocycles. The van der Waals surface area contributed by atoms with Crippen molar-refractivity contribution in [3.63, 3.8) is 0 Å². The molecule has 0 aromatic heterocycles. The number of rotatable bonds is 4. The highest BCUT2D eigenvalue weighted by Gasteiger charge is 2.40. The molecule has 1 aromatic carbocycles. The monoisotopic (exact) mass is 263 g/mol. The molecule has 2 N–H and O–H groups in total. The standard InChI is InChI=1S/C15H22FN3/c1-10(2)9-18-15(17-3)19-14-8-12(14)11-6-4-5-7-13(11)16/h4-7,10,12,14H,8-9H2,1-3H3,(H2,17,18,19). The second-order valence-corrected chi connectivity index (χ2v) is 5.46. The maximum absolute atomic E-state index is 13.7. The number of hydrogen-bond acceptors (Lipinski definition) is 1. The van der Waals surface area contributed by atoms with Gasteiger partial charge in [-0.05, 0) is 24.0 Å². The van der Waals surface area contributed by atoms with E-state index in [1.807, 2.05) is 12.1 Å². The maximum Gasteiger partial charge on any atom is 0.191 e. The zero-order chi connectivity index (χ0) is 13.8. The van der Waals surface area contributed by atoms with Crippen LogP contribution in [0, 0.1) is 11.7 Å². The minimum Gasteiger partial charge on any atom is -0.356 e. The van der Waals surface area contributed by atoms with Gasteiger partial charge in [0.15, 0.2) is 5.96 Å². The number of benzene rings is 1. The fourth-order valence-corrected chi connectivity index (χ4v) is 2.15. The molecule has 2 rings (SSSR count). The third-order valence-corrected chi connectivity index (χ3v) is 3.32. The van der Waals surface area contributed by atoms with Crippen LogP contribution in [0.5, 0.6) is 0 Å². The molecule has 1 aliphatic carbocycles. The number of halogens is 1. The van der Waals surface area contributed by atoms with E-state index in [9.17, 15) is 4.39 Å². The molecule has 0 amide bonds. The lowest BCUT2D eigenvalue weighted by Crippen LogP contribution is -2.40. The second-order valence-electron chi connectivity index (χ2n) is 5.46. The molecule has 1 saturated carbocycles. The molecule has 0 radical (unpaired) electrons. The van der Waals surface area contributed by atoms with Gasteiger partial charge in [0, 0.05) is 25.6 Å². The normalized spacial score (nSPS) is 22.5. The third-order valence-electron chi connectivity index (χ3n) is 3.32. The van der Waals surface area contributed by atoms with E-state index in [0.29, 0.717) is 5.92 Å². The van der Waals surface area contributed by atoms with Crippen LogP contribution in [0.15, 0.2) is 29.3 Å². The Morgan fingerprint density at radius 3 is 2.79 bits per heavy atom. The first-order valence-electron chi connectivity index (χ1n) is 6.83. The van der Waals surface area contributed by atoms with Gasteiger partial charge < -0.3 is 10.6 Å². The number of aliphatic imine (C=N–C) groups is 1. The molecule has 0 heterocycles. The highest BCUT2D eigenvalue weighted by molar-refractivity contribution is 5.80. The predicted molar refractivity (Wildman–Crippen MR) is 76.9 cm³/mol. The smallest absolute Gasteiger partial charge is 0.191 e. The van der Waals surface area contributed by atoms with Crippen molar-refractivity contribution in [2.45, 2.75) is 32.2 Å². The Hall–Kier alpha value is -1.58. The summed E-state index contributed by atoms with van der Waals surface area (Å²) in [5.41, 5.74) is 0.805. The summed E-state index contributed by atoms with van der Waals surface area (Å²) >= 11 is 0. The molecule has 2 atom stereocenters. The first kappa shape index (κ1) is 13.8. The number of nitrogens with zero attached hydrogens (tertiary/aromatic N) is 1. The van der Waals surface area contributed by atoms with Crippen LogP contribution in [0.4, 0.5) is 4.39 Å². The van der Waals surface area contributed by atoms with Gasteiger partial charge in [-0.2, -0.15) is 0 Å². The Bertz CT molecular complexity index is 456. The fraction of sp³-hybridized carbons (Fsp3) is 0.533. The topological polar surface area (TPSA) is 36.4 Å². The van der Waals surface area contributed by atoms with Crippen molar-refractivity contribution in [1.29, 1.82) is 0 Å². The van der Waals surface area contributed by atoms with E-state index in [0.717, 1.165) is 24.5 Å². The lowest BCUT2D eigenvalue weighted by Gasteiger charge is -2.13. The first-order valence-corrected chi connectivity index (χ1v) is 6.83. The summed E-state index contributed by atoms with van der Waals surface area (Å²) in [6, 6.07) is 7.30. The Morgan fingerprint density at radius 2 is 2.16 bits per heavy atom. The molecule has 0 spiro atoms. The SMILES string of the molecule is CN=C(NCC(C)C)NC1CC1c1ccccc1F. The molecule has 3 nitrogen and oxygen atoms in total. The average molecular weight is 263 g/mol. The quantitative estimate of drug-likeness (QED) is 0.647. The van der Waals surface area contributed by atoms with Crippen molar-refractivity contribution >= 4 is 5.96 Å². The Kier molecular flexibility index (Phi) is 4.40. The van der Waals surface area contributed by atoms with E-state index in [2.05, 4.69) is 29.5 Å². The van der Waals surface area contributed by atoms with Crippen LogP contribution in [-0.2, 0) is 0 Å². The molecule has 1 fully saturated rings. The Labute approximate surface area is 114 Å². The van der Waals surface area contributed by atoms with E-state index in [4.69, 9.17) is 0 Å². The summed E-state index contributed by atoms with van der Waals surface area (Å²) in [4.78, 5) is 4.19. The molecule has 1 aliphatic rings. The fourth-order valence-electron chi connectivity index (χ4n) is 2.15. The van der Waals surface area contributed by atoms with E-state index >= 15 is 0 Å². The lowest BCUT2D eigenvalue weighted by atomic mass is 10.1. The van der Waals surface area contributed by atoms with Crippen LogP contribution in [0.1, 0.15) is 31.7 Å². The summed E-state index contributed by atoms with van der Waals surface area (Å²) in [5, 5.41) is 6.62. The van der Waals surface area contributed by atoms with Gasteiger partial charge in [-0.25, -0.2) is 4.39 Å².